The minimum absolute atomic E-state index is 0.0340. The molecule has 0 N–H and O–H groups in total. The van der Waals surface area contributed by atoms with Crippen LogP contribution >= 0.6 is 0 Å². The summed E-state index contributed by atoms with van der Waals surface area (Å²) in [4.78, 5) is 11.2. The maximum atomic E-state index is 12.4. The smallest absolute Gasteiger partial charge is 0.277 e. The second-order valence-corrected chi connectivity index (χ2v) is 5.12. The number of benzene rings is 3. The highest BCUT2D eigenvalue weighted by atomic mass is 16.6. The highest BCUT2D eigenvalue weighted by Crippen LogP contribution is 2.33. The first-order chi connectivity index (χ1) is 11.1. The molecule has 6 nitrogen and oxygen atoms in total. The molecule has 3 aromatic carbocycles. The molecule has 3 rings (SSSR count). The van der Waals surface area contributed by atoms with Gasteiger partial charge in [0.2, 0.25) is 0 Å². The largest absolute Gasteiger partial charge is 0.594 e. The van der Waals surface area contributed by atoms with Crippen molar-refractivity contribution in [3.63, 3.8) is 0 Å². The van der Waals surface area contributed by atoms with E-state index in [9.17, 15) is 15.3 Å². The van der Waals surface area contributed by atoms with E-state index in [0.717, 1.165) is 5.56 Å². The second-order valence-electron chi connectivity index (χ2n) is 5.12. The molecule has 0 saturated carbocycles. The van der Waals surface area contributed by atoms with Crippen LogP contribution in [-0.2, 0) is 0 Å². The molecule has 23 heavy (non-hydrogen) atoms. The van der Waals surface area contributed by atoms with E-state index in [1.165, 1.54) is 12.1 Å². The van der Waals surface area contributed by atoms with Gasteiger partial charge in [0, 0.05) is 17.2 Å². The Morgan fingerprint density at radius 1 is 0.870 bits per heavy atom. The summed E-state index contributed by atoms with van der Waals surface area (Å²) < 4.78 is 0. The first-order valence-corrected chi connectivity index (χ1v) is 6.98. The summed E-state index contributed by atoms with van der Waals surface area (Å²) in [5.74, 6) is 0. The summed E-state index contributed by atoms with van der Waals surface area (Å²) in [6.45, 7) is 1.91. The normalized spacial score (nSPS) is 11.6. The van der Waals surface area contributed by atoms with Crippen LogP contribution in [-0.4, -0.2) is 9.78 Å². The molecule has 0 aliphatic rings. The molecule has 0 bridgehead atoms. The Labute approximate surface area is 132 Å². The number of non-ortho nitro benzene ring substituents is 1. The summed E-state index contributed by atoms with van der Waals surface area (Å²) in [6.07, 6.45) is 0. The molecule has 6 heteroatoms. The number of hydrogen-bond acceptors (Lipinski definition) is 4. The molecule has 0 atom stereocenters. The number of rotatable bonds is 3. The Morgan fingerprint density at radius 3 is 2.17 bits per heavy atom. The first-order valence-electron chi connectivity index (χ1n) is 6.98. The lowest BCUT2D eigenvalue weighted by Gasteiger charge is -2.05. The lowest BCUT2D eigenvalue weighted by molar-refractivity contribution is -0.433. The van der Waals surface area contributed by atoms with Crippen LogP contribution < -0.4 is 0 Å². The predicted octanol–water partition coefficient (Wildman–Crippen LogP) is 4.98. The zero-order valence-corrected chi connectivity index (χ0v) is 12.3. The zero-order chi connectivity index (χ0) is 16.4. The van der Waals surface area contributed by atoms with Crippen molar-refractivity contribution in [1.29, 1.82) is 0 Å². The lowest BCUT2D eigenvalue weighted by Crippen LogP contribution is -1.95. The van der Waals surface area contributed by atoms with Crippen LogP contribution in [0.4, 0.5) is 17.1 Å². The van der Waals surface area contributed by atoms with Gasteiger partial charge in [-0.2, -0.15) is 0 Å². The van der Waals surface area contributed by atoms with Gasteiger partial charge in [0.15, 0.2) is 0 Å². The highest BCUT2D eigenvalue weighted by molar-refractivity contribution is 5.97. The van der Waals surface area contributed by atoms with Crippen LogP contribution in [0.1, 0.15) is 5.56 Å². The molecule has 0 unspecified atom stereocenters. The molecule has 0 heterocycles. The van der Waals surface area contributed by atoms with Crippen LogP contribution in [0, 0.1) is 22.2 Å². The fourth-order valence-corrected chi connectivity index (χ4v) is 2.44. The van der Waals surface area contributed by atoms with E-state index in [4.69, 9.17) is 0 Å². The van der Waals surface area contributed by atoms with Crippen molar-refractivity contribution in [2.24, 2.45) is 5.11 Å². The Bertz CT molecular complexity index is 935. The lowest BCUT2D eigenvalue weighted by atomic mass is 10.1. The Hall–Kier alpha value is -3.28. The van der Waals surface area contributed by atoms with Gasteiger partial charge in [0.1, 0.15) is 5.69 Å². The van der Waals surface area contributed by atoms with E-state index in [1.54, 1.807) is 36.4 Å². The Kier molecular flexibility index (Phi) is 3.72. The molecular weight excluding hydrogens is 294 g/mol. The van der Waals surface area contributed by atoms with Crippen molar-refractivity contribution in [1.82, 2.24) is 0 Å². The van der Waals surface area contributed by atoms with E-state index in [0.29, 0.717) is 21.3 Å². The topological polar surface area (TPSA) is 81.6 Å². The third-order valence-electron chi connectivity index (χ3n) is 3.49. The third kappa shape index (κ3) is 2.87. The molecule has 0 aliphatic carbocycles. The van der Waals surface area contributed by atoms with Gasteiger partial charge < -0.3 is 5.21 Å². The fourth-order valence-electron chi connectivity index (χ4n) is 2.44. The maximum absolute atomic E-state index is 12.4. The van der Waals surface area contributed by atoms with E-state index >= 15 is 0 Å². The molecule has 0 spiro atoms. The van der Waals surface area contributed by atoms with Crippen molar-refractivity contribution in [3.8, 4) is 0 Å². The Balaban J connectivity index is 2.17. The zero-order valence-electron chi connectivity index (χ0n) is 12.3. The van der Waals surface area contributed by atoms with Crippen LogP contribution in [0.25, 0.3) is 10.8 Å². The molecule has 0 fully saturated rings. The molecule has 0 amide bonds. The molecule has 114 valence electrons. The molecule has 0 radical (unpaired) electrons. The standard InChI is InChI=1S/C17H13N3O3/c1-12-5-4-6-13(11-12)18-19(21)16-9-10-17(20(22)23)15-8-3-2-7-14(15)16/h2-11H,1H3. The summed E-state index contributed by atoms with van der Waals surface area (Å²) >= 11 is 0. The number of fused-ring (bicyclic) bond motifs is 1. The van der Waals surface area contributed by atoms with Crippen LogP contribution in [0.3, 0.4) is 0 Å². The van der Waals surface area contributed by atoms with Gasteiger partial charge >= 0.3 is 0 Å². The van der Waals surface area contributed by atoms with Gasteiger partial charge in [-0.1, -0.05) is 24.3 Å². The first kappa shape index (κ1) is 14.6. The molecule has 0 aliphatic heterocycles. The van der Waals surface area contributed by atoms with Crippen molar-refractivity contribution in [2.75, 3.05) is 0 Å². The Morgan fingerprint density at radius 2 is 1.52 bits per heavy atom. The van der Waals surface area contributed by atoms with E-state index < -0.39 is 4.92 Å². The number of azo groups is 1. The summed E-state index contributed by atoms with van der Waals surface area (Å²) in [5.41, 5.74) is 1.76. The summed E-state index contributed by atoms with van der Waals surface area (Å²) in [5, 5.41) is 28.4. The highest BCUT2D eigenvalue weighted by Gasteiger charge is 2.18. The summed E-state index contributed by atoms with van der Waals surface area (Å²) in [7, 11) is 0. The molecule has 0 aromatic heterocycles. The number of nitrogens with zero attached hydrogens (tertiary/aromatic N) is 3. The minimum Gasteiger partial charge on any atom is -0.594 e. The van der Waals surface area contributed by atoms with E-state index in [-0.39, 0.29) is 11.4 Å². The fraction of sp³-hybridized carbons (Fsp3) is 0.0588. The third-order valence-corrected chi connectivity index (χ3v) is 3.49. The van der Waals surface area contributed by atoms with Crippen LogP contribution in [0.2, 0.25) is 0 Å². The summed E-state index contributed by atoms with van der Waals surface area (Å²) in [6, 6.07) is 16.7. The minimum atomic E-state index is -0.459. The van der Waals surface area contributed by atoms with Crippen molar-refractivity contribution >= 4 is 27.8 Å². The number of aryl methyl sites for hydroxylation is 1. The quantitative estimate of drug-likeness (QED) is 0.296. The number of nitro groups is 1. The van der Waals surface area contributed by atoms with Gasteiger partial charge in [-0.05, 0) is 41.6 Å². The van der Waals surface area contributed by atoms with Gasteiger partial charge in [-0.15, -0.1) is 0 Å². The number of nitro benzene ring substituents is 1. The van der Waals surface area contributed by atoms with Gasteiger partial charge in [-0.3, -0.25) is 10.1 Å². The van der Waals surface area contributed by atoms with Crippen LogP contribution in [0.15, 0.2) is 65.8 Å². The van der Waals surface area contributed by atoms with Gasteiger partial charge in [0.05, 0.1) is 15.7 Å². The molecule has 3 aromatic rings. The monoisotopic (exact) mass is 307 g/mol. The maximum Gasteiger partial charge on any atom is 0.277 e. The van der Waals surface area contributed by atoms with Crippen molar-refractivity contribution in [2.45, 2.75) is 6.92 Å². The predicted molar refractivity (Wildman–Crippen MR) is 87.2 cm³/mol. The number of hydrogen-bond donors (Lipinski definition) is 0. The average molecular weight is 307 g/mol. The molecule has 0 saturated heterocycles. The van der Waals surface area contributed by atoms with Crippen LogP contribution in [0.5, 0.6) is 0 Å². The van der Waals surface area contributed by atoms with Gasteiger partial charge in [0.25, 0.3) is 11.4 Å². The second kappa shape index (κ2) is 5.84. The average Bonchev–Trinajstić information content (AvgIpc) is 2.53. The molecular formula is C17H13N3O3. The van der Waals surface area contributed by atoms with Gasteiger partial charge in [-0.25, -0.2) is 0 Å². The van der Waals surface area contributed by atoms with Crippen molar-refractivity contribution in [3.05, 3.63) is 81.5 Å². The SMILES string of the molecule is Cc1cccc(N=[N+]([O-])c2ccc([N+](=O)[O-])c3ccccc23)c1. The van der Waals surface area contributed by atoms with E-state index in [1.807, 2.05) is 19.1 Å². The van der Waals surface area contributed by atoms with Crippen molar-refractivity contribution < 1.29 is 9.78 Å². The van der Waals surface area contributed by atoms with E-state index in [2.05, 4.69) is 5.11 Å².